The topological polar surface area (TPSA) is 17.0 Å². The Balaban J connectivity index is 1.97. The van der Waals surface area contributed by atoms with Gasteiger partial charge >= 0.3 is 0 Å². The van der Waals surface area contributed by atoms with E-state index in [9.17, 15) is 0 Å². The van der Waals surface area contributed by atoms with Crippen molar-refractivity contribution in [2.45, 2.75) is 33.4 Å². The summed E-state index contributed by atoms with van der Waals surface area (Å²) in [5.74, 6) is 0.699. The Morgan fingerprint density at radius 2 is 1.79 bits per heavy atom. The van der Waals surface area contributed by atoms with E-state index >= 15 is 0 Å². The van der Waals surface area contributed by atoms with Gasteiger partial charge in [0.2, 0.25) is 0 Å². The molecule has 2 aromatic rings. The lowest BCUT2D eigenvalue weighted by Gasteiger charge is -2.14. The van der Waals surface area contributed by atoms with E-state index in [0.717, 1.165) is 13.1 Å². The van der Waals surface area contributed by atoms with Crippen molar-refractivity contribution in [1.29, 1.82) is 0 Å². The Bertz CT molecular complexity index is 485. The first-order valence-corrected chi connectivity index (χ1v) is 7.09. The van der Waals surface area contributed by atoms with Gasteiger partial charge in [-0.15, -0.1) is 0 Å². The zero-order valence-corrected chi connectivity index (χ0v) is 12.1. The molecule has 2 nitrogen and oxygen atoms in total. The highest BCUT2D eigenvalue weighted by molar-refractivity contribution is 5.21. The molecule has 0 spiro atoms. The molecule has 1 N–H and O–H groups in total. The highest BCUT2D eigenvalue weighted by Gasteiger charge is 2.07. The van der Waals surface area contributed by atoms with Crippen LogP contribution in [0.15, 0.2) is 48.8 Å². The van der Waals surface area contributed by atoms with E-state index in [-0.39, 0.29) is 0 Å². The summed E-state index contributed by atoms with van der Waals surface area (Å²) in [6.45, 7) is 8.72. The maximum atomic E-state index is 3.48. The van der Waals surface area contributed by atoms with Gasteiger partial charge in [0.25, 0.3) is 0 Å². The molecule has 1 heterocycles. The van der Waals surface area contributed by atoms with Crippen molar-refractivity contribution >= 4 is 0 Å². The average molecular weight is 256 g/mol. The first kappa shape index (κ1) is 13.9. The summed E-state index contributed by atoms with van der Waals surface area (Å²) in [7, 11) is 0. The third-order valence-electron chi connectivity index (χ3n) is 3.39. The average Bonchev–Trinajstić information content (AvgIpc) is 2.87. The van der Waals surface area contributed by atoms with E-state index in [1.807, 2.05) is 0 Å². The Morgan fingerprint density at radius 1 is 1.05 bits per heavy atom. The molecule has 0 aliphatic heterocycles. The molecule has 2 heteroatoms. The predicted molar refractivity (Wildman–Crippen MR) is 81.2 cm³/mol. The van der Waals surface area contributed by atoms with E-state index in [2.05, 4.69) is 79.4 Å². The monoisotopic (exact) mass is 256 g/mol. The van der Waals surface area contributed by atoms with Gasteiger partial charge in [0.1, 0.15) is 0 Å². The zero-order valence-electron chi connectivity index (χ0n) is 12.1. The van der Waals surface area contributed by atoms with Gasteiger partial charge in [0, 0.05) is 18.9 Å². The standard InChI is InChI=1S/C17H24N2/c1-14(2)11-18-12-16-9-10-19(13-16)15(3)17-7-5-4-6-8-17/h4-10,13-15,18H,11-12H2,1-3H3. The largest absolute Gasteiger partial charge is 0.347 e. The number of nitrogens with zero attached hydrogens (tertiary/aromatic N) is 1. The molecular weight excluding hydrogens is 232 g/mol. The molecule has 0 aliphatic rings. The Kier molecular flexibility index (Phi) is 4.80. The second kappa shape index (κ2) is 6.58. The number of benzene rings is 1. The molecule has 0 radical (unpaired) electrons. The molecular formula is C17H24N2. The van der Waals surface area contributed by atoms with Crippen LogP contribution in [0.3, 0.4) is 0 Å². The molecule has 0 bridgehead atoms. The van der Waals surface area contributed by atoms with E-state index in [0.29, 0.717) is 12.0 Å². The molecule has 1 atom stereocenters. The van der Waals surface area contributed by atoms with Crippen LogP contribution in [-0.4, -0.2) is 11.1 Å². The maximum Gasteiger partial charge on any atom is 0.0551 e. The molecule has 1 aromatic carbocycles. The van der Waals surface area contributed by atoms with Gasteiger partial charge in [0.15, 0.2) is 0 Å². The van der Waals surface area contributed by atoms with Crippen molar-refractivity contribution in [3.63, 3.8) is 0 Å². The summed E-state index contributed by atoms with van der Waals surface area (Å²) in [6.07, 6.45) is 4.41. The first-order valence-electron chi connectivity index (χ1n) is 7.09. The van der Waals surface area contributed by atoms with Crippen molar-refractivity contribution in [1.82, 2.24) is 9.88 Å². The minimum Gasteiger partial charge on any atom is -0.347 e. The summed E-state index contributed by atoms with van der Waals surface area (Å²) in [5, 5.41) is 3.48. The van der Waals surface area contributed by atoms with Crippen LogP contribution >= 0.6 is 0 Å². The third kappa shape index (κ3) is 3.97. The van der Waals surface area contributed by atoms with Crippen molar-refractivity contribution < 1.29 is 0 Å². The van der Waals surface area contributed by atoms with Gasteiger partial charge in [-0.25, -0.2) is 0 Å². The summed E-state index contributed by atoms with van der Waals surface area (Å²) in [5.41, 5.74) is 2.70. The SMILES string of the molecule is CC(C)CNCc1ccn(C(C)c2ccccc2)c1. The fourth-order valence-electron chi connectivity index (χ4n) is 2.21. The number of aromatic nitrogens is 1. The van der Waals surface area contributed by atoms with Crippen molar-refractivity contribution in [3.8, 4) is 0 Å². The number of rotatable bonds is 6. The molecule has 0 saturated carbocycles. The second-order valence-electron chi connectivity index (χ2n) is 5.58. The first-order chi connectivity index (χ1) is 9.16. The van der Waals surface area contributed by atoms with E-state index in [4.69, 9.17) is 0 Å². The summed E-state index contributed by atoms with van der Waals surface area (Å²) >= 11 is 0. The molecule has 1 aromatic heterocycles. The van der Waals surface area contributed by atoms with Gasteiger partial charge in [-0.05, 0) is 36.6 Å². The van der Waals surface area contributed by atoms with Crippen LogP contribution in [0.25, 0.3) is 0 Å². The lowest BCUT2D eigenvalue weighted by molar-refractivity contribution is 0.551. The quantitative estimate of drug-likeness (QED) is 0.831. The lowest BCUT2D eigenvalue weighted by Crippen LogP contribution is -2.18. The fraction of sp³-hybridized carbons (Fsp3) is 0.412. The van der Waals surface area contributed by atoms with Crippen LogP contribution in [0.5, 0.6) is 0 Å². The molecule has 102 valence electrons. The van der Waals surface area contributed by atoms with Crippen LogP contribution in [0.1, 0.15) is 37.9 Å². The van der Waals surface area contributed by atoms with Crippen LogP contribution in [0.2, 0.25) is 0 Å². The molecule has 0 amide bonds. The second-order valence-corrected chi connectivity index (χ2v) is 5.58. The number of hydrogen-bond acceptors (Lipinski definition) is 1. The van der Waals surface area contributed by atoms with E-state index in [1.165, 1.54) is 11.1 Å². The molecule has 0 fully saturated rings. The molecule has 2 rings (SSSR count). The van der Waals surface area contributed by atoms with Gasteiger partial charge in [-0.3, -0.25) is 0 Å². The van der Waals surface area contributed by atoms with Gasteiger partial charge in [-0.2, -0.15) is 0 Å². The smallest absolute Gasteiger partial charge is 0.0551 e. The minimum atomic E-state index is 0.389. The molecule has 1 unspecified atom stereocenters. The predicted octanol–water partition coefficient (Wildman–Crippen LogP) is 3.84. The zero-order chi connectivity index (χ0) is 13.7. The number of hydrogen-bond donors (Lipinski definition) is 1. The highest BCUT2D eigenvalue weighted by Crippen LogP contribution is 2.18. The lowest BCUT2D eigenvalue weighted by atomic mass is 10.1. The molecule has 19 heavy (non-hydrogen) atoms. The Hall–Kier alpha value is -1.54. The van der Waals surface area contributed by atoms with Crippen molar-refractivity contribution in [2.75, 3.05) is 6.54 Å². The van der Waals surface area contributed by atoms with E-state index < -0.39 is 0 Å². The van der Waals surface area contributed by atoms with Gasteiger partial charge in [-0.1, -0.05) is 44.2 Å². The normalized spacial score (nSPS) is 12.8. The van der Waals surface area contributed by atoms with Gasteiger partial charge in [0.05, 0.1) is 6.04 Å². The minimum absolute atomic E-state index is 0.389. The molecule has 0 aliphatic carbocycles. The van der Waals surface area contributed by atoms with E-state index in [1.54, 1.807) is 0 Å². The highest BCUT2D eigenvalue weighted by atomic mass is 15.0. The van der Waals surface area contributed by atoms with Crippen molar-refractivity contribution in [3.05, 3.63) is 59.9 Å². The number of nitrogens with one attached hydrogen (secondary N) is 1. The van der Waals surface area contributed by atoms with Crippen LogP contribution in [0.4, 0.5) is 0 Å². The third-order valence-corrected chi connectivity index (χ3v) is 3.39. The fourth-order valence-corrected chi connectivity index (χ4v) is 2.21. The summed E-state index contributed by atoms with van der Waals surface area (Å²) in [4.78, 5) is 0. The maximum absolute atomic E-state index is 3.48. The van der Waals surface area contributed by atoms with Crippen LogP contribution in [-0.2, 0) is 6.54 Å². The summed E-state index contributed by atoms with van der Waals surface area (Å²) in [6, 6.07) is 13.2. The van der Waals surface area contributed by atoms with Crippen molar-refractivity contribution in [2.24, 2.45) is 5.92 Å². The van der Waals surface area contributed by atoms with Crippen LogP contribution in [0, 0.1) is 5.92 Å². The van der Waals surface area contributed by atoms with Crippen LogP contribution < -0.4 is 5.32 Å². The van der Waals surface area contributed by atoms with Gasteiger partial charge < -0.3 is 9.88 Å². The Morgan fingerprint density at radius 3 is 2.47 bits per heavy atom. The Labute approximate surface area is 116 Å². The summed E-state index contributed by atoms with van der Waals surface area (Å²) < 4.78 is 2.28. The molecule has 0 saturated heterocycles.